The molecule has 9 aromatic rings. The second-order valence-corrected chi connectivity index (χ2v) is 14.7. The minimum Gasteiger partial charge on any atom is -0.467 e. The second kappa shape index (κ2) is 13.7. The average Bonchev–Trinajstić information content (AvgIpc) is 3.88. The zero-order valence-corrected chi connectivity index (χ0v) is 31.2. The molecule has 1 unspecified atom stereocenters. The predicted octanol–water partition coefficient (Wildman–Crippen LogP) is 11.7. The Kier molecular flexibility index (Phi) is 7.92. The molecule has 0 saturated heterocycles. The van der Waals surface area contributed by atoms with Crippen LogP contribution in [-0.2, 0) is 4.74 Å². The largest absolute Gasteiger partial charge is 0.467 e. The van der Waals surface area contributed by atoms with Crippen molar-refractivity contribution in [1.29, 1.82) is 0 Å². The maximum absolute atomic E-state index is 6.37. The van der Waals surface area contributed by atoms with Crippen molar-refractivity contribution in [1.82, 2.24) is 4.57 Å². The molecule has 11 rings (SSSR count). The van der Waals surface area contributed by atoms with Crippen molar-refractivity contribution in [2.24, 2.45) is 4.99 Å². The molecular weight excluding hydrogens is 695 g/mol. The van der Waals surface area contributed by atoms with E-state index in [4.69, 9.17) is 9.73 Å². The standard InChI is InChI=1S/C53H37N3O/c1-4-14-36(15-5-1)39-18-12-21-42(34-39)55(43-30-32-50-48(35-43)46-22-10-11-25-49(46)56(50)40-19-8-3-9-20-40)41-28-26-37(27-29-41)44-23-13-24-47-45(44)31-33-51-52(47)54-53(57-51)38-16-6-2-7-17-38/h1-32,34-35,51H,33H2. The van der Waals surface area contributed by atoms with Crippen molar-refractivity contribution >= 4 is 56.5 Å². The van der Waals surface area contributed by atoms with E-state index >= 15 is 0 Å². The molecular formula is C53H37N3O. The van der Waals surface area contributed by atoms with Crippen LogP contribution in [0.5, 0.6) is 0 Å². The van der Waals surface area contributed by atoms with Gasteiger partial charge in [-0.1, -0.05) is 133 Å². The zero-order chi connectivity index (χ0) is 37.7. The predicted molar refractivity (Wildman–Crippen MR) is 236 cm³/mol. The van der Waals surface area contributed by atoms with Crippen LogP contribution in [0, 0.1) is 0 Å². The van der Waals surface area contributed by atoms with Gasteiger partial charge in [0.2, 0.25) is 5.90 Å². The molecule has 0 spiro atoms. The van der Waals surface area contributed by atoms with Gasteiger partial charge in [-0.05, 0) is 100 Å². The maximum atomic E-state index is 6.37. The van der Waals surface area contributed by atoms with Crippen LogP contribution in [-0.4, -0.2) is 16.6 Å². The molecule has 0 radical (unpaired) electrons. The molecule has 1 aliphatic heterocycles. The number of rotatable bonds is 7. The molecule has 1 aromatic heterocycles. The first-order valence-corrected chi connectivity index (χ1v) is 19.6. The summed E-state index contributed by atoms with van der Waals surface area (Å²) in [6.45, 7) is 0. The SMILES string of the molecule is C1=c2c(-c3ccc(N(c4cccc(-c5ccccc5)c4)c4ccc5c(c4)c4ccccc4n5-c4ccccc4)cc3)cccc2=C2N=C(c3ccccc3)OC2C1. The summed E-state index contributed by atoms with van der Waals surface area (Å²) in [5.74, 6) is 0.700. The number of ether oxygens (including phenoxy) is 1. The first-order chi connectivity index (χ1) is 28.3. The molecule has 2 heterocycles. The van der Waals surface area contributed by atoms with Gasteiger partial charge in [0.05, 0.1) is 16.7 Å². The molecule has 1 aliphatic carbocycles. The van der Waals surface area contributed by atoms with Crippen LogP contribution in [0.3, 0.4) is 0 Å². The second-order valence-electron chi connectivity index (χ2n) is 14.7. The Labute approximate surface area is 331 Å². The third kappa shape index (κ3) is 5.73. The Hall–Kier alpha value is -7.43. The minimum atomic E-state index is -0.0652. The summed E-state index contributed by atoms with van der Waals surface area (Å²) in [5.41, 5.74) is 13.5. The van der Waals surface area contributed by atoms with Crippen molar-refractivity contribution < 1.29 is 4.74 Å². The van der Waals surface area contributed by atoms with E-state index in [1.165, 1.54) is 43.7 Å². The van der Waals surface area contributed by atoms with Crippen molar-refractivity contribution in [3.05, 3.63) is 216 Å². The van der Waals surface area contributed by atoms with E-state index in [0.717, 1.165) is 51.2 Å². The molecule has 0 fully saturated rings. The van der Waals surface area contributed by atoms with Gasteiger partial charge in [0.25, 0.3) is 0 Å². The van der Waals surface area contributed by atoms with E-state index in [9.17, 15) is 0 Å². The van der Waals surface area contributed by atoms with Gasteiger partial charge in [0.1, 0.15) is 6.10 Å². The number of aromatic nitrogens is 1. The van der Waals surface area contributed by atoms with Gasteiger partial charge in [0.15, 0.2) is 0 Å². The number of hydrogen-bond donors (Lipinski definition) is 0. The normalized spacial score (nSPS) is 14.4. The first-order valence-electron chi connectivity index (χ1n) is 19.6. The Bertz CT molecular complexity index is 3110. The van der Waals surface area contributed by atoms with E-state index in [-0.39, 0.29) is 6.10 Å². The molecule has 0 bridgehead atoms. The molecule has 0 amide bonds. The topological polar surface area (TPSA) is 29.8 Å². The lowest BCUT2D eigenvalue weighted by molar-refractivity contribution is 0.267. The zero-order valence-electron chi connectivity index (χ0n) is 31.2. The van der Waals surface area contributed by atoms with E-state index in [2.05, 4.69) is 198 Å². The van der Waals surface area contributed by atoms with E-state index < -0.39 is 0 Å². The summed E-state index contributed by atoms with van der Waals surface area (Å²) in [6.07, 6.45) is 3.04. The molecule has 1 atom stereocenters. The van der Waals surface area contributed by atoms with Gasteiger partial charge in [-0.3, -0.25) is 0 Å². The summed E-state index contributed by atoms with van der Waals surface area (Å²) < 4.78 is 8.73. The number of aliphatic imine (C=N–C) groups is 1. The van der Waals surface area contributed by atoms with Gasteiger partial charge in [-0.25, -0.2) is 4.99 Å². The van der Waals surface area contributed by atoms with E-state index in [1.54, 1.807) is 0 Å². The lowest BCUT2D eigenvalue weighted by atomic mass is 9.95. The van der Waals surface area contributed by atoms with Gasteiger partial charge in [-0.15, -0.1) is 0 Å². The van der Waals surface area contributed by atoms with Crippen LogP contribution >= 0.6 is 0 Å². The van der Waals surface area contributed by atoms with E-state index in [1.807, 2.05) is 18.2 Å². The molecule has 2 aliphatic rings. The van der Waals surface area contributed by atoms with Gasteiger partial charge in [-0.2, -0.15) is 0 Å². The fourth-order valence-corrected chi connectivity index (χ4v) is 8.64. The highest BCUT2D eigenvalue weighted by Crippen LogP contribution is 2.41. The maximum Gasteiger partial charge on any atom is 0.221 e. The number of hydrogen-bond acceptors (Lipinski definition) is 3. The van der Waals surface area contributed by atoms with Crippen molar-refractivity contribution in [2.45, 2.75) is 12.5 Å². The molecule has 4 nitrogen and oxygen atoms in total. The Balaban J connectivity index is 1.04. The number of fused-ring (bicyclic) bond motifs is 5. The van der Waals surface area contributed by atoms with Gasteiger partial charge in [0, 0.05) is 50.7 Å². The van der Waals surface area contributed by atoms with Crippen LogP contribution in [0.1, 0.15) is 12.0 Å². The molecule has 270 valence electrons. The fourth-order valence-electron chi connectivity index (χ4n) is 8.64. The third-order valence-corrected chi connectivity index (χ3v) is 11.3. The van der Waals surface area contributed by atoms with Crippen LogP contribution in [0.25, 0.3) is 61.5 Å². The summed E-state index contributed by atoms with van der Waals surface area (Å²) in [4.78, 5) is 7.41. The third-order valence-electron chi connectivity index (χ3n) is 11.3. The van der Waals surface area contributed by atoms with Gasteiger partial charge < -0.3 is 14.2 Å². The minimum absolute atomic E-state index is 0.0652. The molecule has 57 heavy (non-hydrogen) atoms. The lowest BCUT2D eigenvalue weighted by Gasteiger charge is -2.26. The molecule has 8 aromatic carbocycles. The molecule has 0 N–H and O–H groups in total. The summed E-state index contributed by atoms with van der Waals surface area (Å²) in [7, 11) is 0. The quantitative estimate of drug-likeness (QED) is 0.163. The van der Waals surface area contributed by atoms with Crippen LogP contribution < -0.4 is 15.3 Å². The summed E-state index contributed by atoms with van der Waals surface area (Å²) >= 11 is 0. The highest BCUT2D eigenvalue weighted by atomic mass is 16.5. The van der Waals surface area contributed by atoms with Crippen molar-refractivity contribution in [3.63, 3.8) is 0 Å². The van der Waals surface area contributed by atoms with E-state index in [0.29, 0.717) is 5.90 Å². The first kappa shape index (κ1) is 33.0. The lowest BCUT2D eigenvalue weighted by Crippen LogP contribution is -2.35. The Morgan fingerprint density at radius 1 is 0.491 bits per heavy atom. The highest BCUT2D eigenvalue weighted by molar-refractivity contribution is 6.10. The number of para-hydroxylation sites is 2. The highest BCUT2D eigenvalue weighted by Gasteiger charge is 2.29. The Morgan fingerprint density at radius 3 is 1.95 bits per heavy atom. The van der Waals surface area contributed by atoms with Gasteiger partial charge >= 0.3 is 0 Å². The molecule has 4 heteroatoms. The summed E-state index contributed by atoms with van der Waals surface area (Å²) in [5, 5.41) is 4.79. The number of nitrogens with zero attached hydrogens (tertiary/aromatic N) is 3. The smallest absolute Gasteiger partial charge is 0.221 e. The van der Waals surface area contributed by atoms with Crippen molar-refractivity contribution in [3.8, 4) is 27.9 Å². The Morgan fingerprint density at radius 2 is 1.14 bits per heavy atom. The monoisotopic (exact) mass is 731 g/mol. The summed E-state index contributed by atoms with van der Waals surface area (Å²) in [6, 6.07) is 71.5. The van der Waals surface area contributed by atoms with Crippen LogP contribution in [0.15, 0.2) is 205 Å². The van der Waals surface area contributed by atoms with Crippen LogP contribution in [0.2, 0.25) is 0 Å². The fraction of sp³-hybridized carbons (Fsp3) is 0.0377. The molecule has 0 saturated carbocycles. The average molecular weight is 732 g/mol. The number of benzene rings is 8. The number of anilines is 3. The van der Waals surface area contributed by atoms with Crippen LogP contribution in [0.4, 0.5) is 17.1 Å². The van der Waals surface area contributed by atoms with Crippen molar-refractivity contribution in [2.75, 3.05) is 4.90 Å².